The van der Waals surface area contributed by atoms with Crippen LogP contribution in [0.25, 0.3) is 0 Å². The molecule has 7 nitrogen and oxygen atoms in total. The Labute approximate surface area is 222 Å². The van der Waals surface area contributed by atoms with Crippen molar-refractivity contribution < 1.29 is 19.0 Å². The Morgan fingerprint density at radius 1 is 1.06 bits per heavy atom. The standard InChI is InChI=1S/C27H33Cl2N3O4/c1-19(2)35-27(33)36-25-11-9-20-8-10-21(18-23(20)30-25)34-17-4-3-12-31-13-15-32(16-14-31)24-7-5-6-22(28)26(24)29/h5-8,10,18-19H,3-4,9,11-17H2,1-2H3. The second kappa shape index (κ2) is 12.7. The summed E-state index contributed by atoms with van der Waals surface area (Å²) < 4.78 is 16.3. The van der Waals surface area contributed by atoms with Gasteiger partial charge in [-0.05, 0) is 63.4 Å². The number of nitrogens with zero attached hydrogens (tertiary/aromatic N) is 3. The van der Waals surface area contributed by atoms with E-state index >= 15 is 0 Å². The van der Waals surface area contributed by atoms with Gasteiger partial charge in [0.15, 0.2) is 0 Å². The molecule has 0 atom stereocenters. The van der Waals surface area contributed by atoms with Crippen LogP contribution in [0.2, 0.25) is 10.0 Å². The highest BCUT2D eigenvalue weighted by Gasteiger charge is 2.20. The van der Waals surface area contributed by atoms with Crippen LogP contribution in [0.4, 0.5) is 16.2 Å². The van der Waals surface area contributed by atoms with Crippen molar-refractivity contribution in [2.75, 3.05) is 44.2 Å². The third kappa shape index (κ3) is 7.28. The van der Waals surface area contributed by atoms with Crippen molar-refractivity contribution in [3.05, 3.63) is 52.0 Å². The first-order valence-electron chi connectivity index (χ1n) is 12.5. The first-order valence-corrected chi connectivity index (χ1v) is 13.3. The average molecular weight is 534 g/mol. The summed E-state index contributed by atoms with van der Waals surface area (Å²) in [4.78, 5) is 21.0. The first-order chi connectivity index (χ1) is 17.4. The quantitative estimate of drug-likeness (QED) is 0.284. The van der Waals surface area contributed by atoms with Crippen molar-refractivity contribution in [2.24, 2.45) is 4.99 Å². The molecule has 2 aliphatic heterocycles. The molecule has 0 unspecified atom stereocenters. The van der Waals surface area contributed by atoms with Crippen molar-refractivity contribution in [3.63, 3.8) is 0 Å². The van der Waals surface area contributed by atoms with Gasteiger partial charge in [0.05, 0.1) is 34.1 Å². The third-order valence-corrected chi connectivity index (χ3v) is 7.03. The minimum atomic E-state index is -0.714. The van der Waals surface area contributed by atoms with E-state index in [1.807, 2.05) is 36.4 Å². The predicted octanol–water partition coefficient (Wildman–Crippen LogP) is 6.51. The zero-order valence-electron chi connectivity index (χ0n) is 20.8. The Morgan fingerprint density at radius 2 is 1.86 bits per heavy atom. The van der Waals surface area contributed by atoms with Gasteiger partial charge in [0.25, 0.3) is 0 Å². The monoisotopic (exact) mass is 533 g/mol. The van der Waals surface area contributed by atoms with Crippen LogP contribution in [0.5, 0.6) is 5.75 Å². The zero-order chi connectivity index (χ0) is 25.5. The van der Waals surface area contributed by atoms with Crippen molar-refractivity contribution >= 4 is 46.6 Å². The number of fused-ring (bicyclic) bond motifs is 1. The van der Waals surface area contributed by atoms with E-state index in [0.29, 0.717) is 29.0 Å². The molecule has 2 aromatic carbocycles. The fourth-order valence-corrected chi connectivity index (χ4v) is 4.76. The van der Waals surface area contributed by atoms with Crippen LogP contribution in [0.3, 0.4) is 0 Å². The highest BCUT2D eigenvalue weighted by atomic mass is 35.5. The van der Waals surface area contributed by atoms with Crippen LogP contribution in [0.1, 0.15) is 38.7 Å². The number of carbonyl (C=O) groups excluding carboxylic acids is 1. The highest BCUT2D eigenvalue weighted by Crippen LogP contribution is 2.33. The Bertz CT molecular complexity index is 1080. The lowest BCUT2D eigenvalue weighted by molar-refractivity contribution is 0.0686. The molecule has 4 rings (SSSR count). The number of ether oxygens (including phenoxy) is 3. The van der Waals surface area contributed by atoms with E-state index in [1.165, 1.54) is 0 Å². The summed E-state index contributed by atoms with van der Waals surface area (Å²) in [6, 6.07) is 11.7. The molecule has 9 heteroatoms. The molecule has 0 spiro atoms. The number of piperazine rings is 1. The van der Waals surface area contributed by atoms with Crippen molar-refractivity contribution in [2.45, 2.75) is 45.6 Å². The van der Waals surface area contributed by atoms with E-state index in [2.05, 4.69) is 14.8 Å². The van der Waals surface area contributed by atoms with Crippen molar-refractivity contribution in [1.82, 2.24) is 4.90 Å². The maximum Gasteiger partial charge on any atom is 0.515 e. The number of unbranched alkanes of at least 4 members (excludes halogenated alkanes) is 1. The molecule has 1 saturated heterocycles. The van der Waals surface area contributed by atoms with Crippen LogP contribution in [-0.2, 0) is 15.9 Å². The number of aliphatic imine (C=N–C) groups is 1. The lowest BCUT2D eigenvalue weighted by Crippen LogP contribution is -2.46. The SMILES string of the molecule is CC(C)OC(=O)OC1=Nc2cc(OCCCCN3CCN(c4cccc(Cl)c4Cl)CC3)ccc2CC1. The van der Waals surface area contributed by atoms with E-state index in [1.54, 1.807) is 13.8 Å². The maximum atomic E-state index is 11.8. The van der Waals surface area contributed by atoms with E-state index in [9.17, 15) is 4.79 Å². The molecule has 194 valence electrons. The van der Waals surface area contributed by atoms with E-state index < -0.39 is 6.16 Å². The molecule has 2 aliphatic rings. The van der Waals surface area contributed by atoms with Gasteiger partial charge in [-0.25, -0.2) is 9.79 Å². The number of hydrogen-bond acceptors (Lipinski definition) is 7. The Balaban J connectivity index is 1.17. The fourth-order valence-electron chi connectivity index (χ4n) is 4.34. The molecule has 2 aromatic rings. The van der Waals surface area contributed by atoms with Gasteiger partial charge in [-0.15, -0.1) is 0 Å². The number of benzene rings is 2. The lowest BCUT2D eigenvalue weighted by Gasteiger charge is -2.36. The zero-order valence-corrected chi connectivity index (χ0v) is 22.4. The Morgan fingerprint density at radius 3 is 2.64 bits per heavy atom. The molecule has 2 heterocycles. The number of anilines is 1. The van der Waals surface area contributed by atoms with E-state index in [0.717, 1.165) is 74.7 Å². The minimum Gasteiger partial charge on any atom is -0.494 e. The van der Waals surface area contributed by atoms with Gasteiger partial charge < -0.3 is 19.1 Å². The molecule has 0 aliphatic carbocycles. The molecule has 0 radical (unpaired) electrons. The van der Waals surface area contributed by atoms with Crippen molar-refractivity contribution in [3.8, 4) is 5.75 Å². The molecular weight excluding hydrogens is 501 g/mol. The van der Waals surface area contributed by atoms with E-state index in [4.69, 9.17) is 37.4 Å². The number of carbonyl (C=O) groups is 1. The normalized spacial score (nSPS) is 15.9. The molecule has 36 heavy (non-hydrogen) atoms. The summed E-state index contributed by atoms with van der Waals surface area (Å²) in [5.41, 5.74) is 2.91. The predicted molar refractivity (Wildman–Crippen MR) is 144 cm³/mol. The molecule has 0 saturated carbocycles. The number of halogens is 2. The number of aryl methyl sites for hydroxylation is 1. The Kier molecular flexibility index (Phi) is 9.35. The summed E-state index contributed by atoms with van der Waals surface area (Å²) in [5, 5.41) is 1.23. The summed E-state index contributed by atoms with van der Waals surface area (Å²) >= 11 is 12.6. The number of hydrogen-bond donors (Lipinski definition) is 0. The lowest BCUT2D eigenvalue weighted by atomic mass is 10.0. The maximum absolute atomic E-state index is 11.8. The summed E-state index contributed by atoms with van der Waals surface area (Å²) in [6.07, 6.45) is 2.43. The smallest absolute Gasteiger partial charge is 0.494 e. The van der Waals surface area contributed by atoms with Crippen LogP contribution in [-0.4, -0.2) is 62.4 Å². The summed E-state index contributed by atoms with van der Waals surface area (Å²) in [6.45, 7) is 9.13. The second-order valence-corrected chi connectivity index (χ2v) is 10.1. The van der Waals surface area contributed by atoms with Gasteiger partial charge in [-0.3, -0.25) is 4.90 Å². The van der Waals surface area contributed by atoms with Crippen LogP contribution >= 0.6 is 23.2 Å². The van der Waals surface area contributed by atoms with Gasteiger partial charge in [-0.2, -0.15) is 0 Å². The molecule has 0 amide bonds. The van der Waals surface area contributed by atoms with Gasteiger partial charge in [0.2, 0.25) is 5.90 Å². The third-order valence-electron chi connectivity index (χ3n) is 6.22. The van der Waals surface area contributed by atoms with Crippen molar-refractivity contribution in [1.29, 1.82) is 0 Å². The molecule has 0 aromatic heterocycles. The number of rotatable bonds is 8. The van der Waals surface area contributed by atoms with Crippen LogP contribution < -0.4 is 9.64 Å². The van der Waals surface area contributed by atoms with Crippen LogP contribution in [0, 0.1) is 0 Å². The van der Waals surface area contributed by atoms with Gasteiger partial charge >= 0.3 is 6.16 Å². The van der Waals surface area contributed by atoms with Gasteiger partial charge in [0, 0.05) is 38.7 Å². The largest absolute Gasteiger partial charge is 0.515 e. The highest BCUT2D eigenvalue weighted by molar-refractivity contribution is 6.43. The summed E-state index contributed by atoms with van der Waals surface area (Å²) in [7, 11) is 0. The second-order valence-electron chi connectivity index (χ2n) is 9.27. The first kappa shape index (κ1) is 26.6. The molecule has 1 fully saturated rings. The molecule has 0 N–H and O–H groups in total. The van der Waals surface area contributed by atoms with Gasteiger partial charge in [-0.1, -0.05) is 35.3 Å². The van der Waals surface area contributed by atoms with E-state index in [-0.39, 0.29) is 6.10 Å². The van der Waals surface area contributed by atoms with Crippen LogP contribution in [0.15, 0.2) is 41.4 Å². The fraction of sp³-hybridized carbons (Fsp3) is 0.481. The molecule has 0 bridgehead atoms. The minimum absolute atomic E-state index is 0.230. The van der Waals surface area contributed by atoms with Gasteiger partial charge in [0.1, 0.15) is 5.75 Å². The average Bonchev–Trinajstić information content (AvgIpc) is 2.85. The molecular formula is C27H33Cl2N3O4. The Hall–Kier alpha value is -2.48. The summed E-state index contributed by atoms with van der Waals surface area (Å²) in [5.74, 6) is 1.15. The topological polar surface area (TPSA) is 63.6 Å².